The summed E-state index contributed by atoms with van der Waals surface area (Å²) in [5, 5.41) is 4.37. The third-order valence-electron chi connectivity index (χ3n) is 6.32. The topological polar surface area (TPSA) is 64.6 Å². The normalized spacial score (nSPS) is 20.4. The third-order valence-corrected chi connectivity index (χ3v) is 6.57. The molecule has 5 nitrogen and oxygen atoms in total. The number of para-hydroxylation sites is 1. The Hall–Kier alpha value is -3.57. The summed E-state index contributed by atoms with van der Waals surface area (Å²) in [4.78, 5) is 24.9. The minimum Gasteiger partial charge on any atom is -0.465 e. The largest absolute Gasteiger partial charge is 0.465 e. The standard InChI is InChI=1S/C27H22ClNO4/c1-32-27(31)21-5-2-3-8-24(21)33-26(30)17-11-14-23-22(15-17)19-6-4-7-20(19)25(29-23)16-9-12-18(28)13-10-16/h2-6,8-15,19-20,25,29H,7H2,1H3/t19-,20-,25+/m1/s1. The van der Waals surface area contributed by atoms with Gasteiger partial charge in [-0.1, -0.05) is 48.0 Å². The van der Waals surface area contributed by atoms with Gasteiger partial charge in [-0.05, 0) is 65.9 Å². The van der Waals surface area contributed by atoms with Crippen LogP contribution in [0.15, 0.2) is 78.9 Å². The van der Waals surface area contributed by atoms with Crippen LogP contribution in [0.1, 0.15) is 50.2 Å². The maximum absolute atomic E-state index is 12.9. The molecule has 2 aliphatic rings. The van der Waals surface area contributed by atoms with Crippen LogP contribution in [-0.4, -0.2) is 19.0 Å². The average Bonchev–Trinajstić information content (AvgIpc) is 3.34. The van der Waals surface area contributed by atoms with Crippen LogP contribution in [0.3, 0.4) is 0 Å². The molecule has 3 atom stereocenters. The van der Waals surface area contributed by atoms with Gasteiger partial charge in [-0.2, -0.15) is 0 Å². The summed E-state index contributed by atoms with van der Waals surface area (Å²) in [6.45, 7) is 0. The fraction of sp³-hybridized carbons (Fsp3) is 0.185. The van der Waals surface area contributed by atoms with Crippen LogP contribution in [0, 0.1) is 5.92 Å². The number of nitrogens with one attached hydrogen (secondary N) is 1. The molecule has 0 saturated carbocycles. The second-order valence-electron chi connectivity index (χ2n) is 8.21. The minimum absolute atomic E-state index is 0.152. The van der Waals surface area contributed by atoms with Gasteiger partial charge in [-0.15, -0.1) is 0 Å². The number of methoxy groups -OCH3 is 1. The fourth-order valence-electron chi connectivity index (χ4n) is 4.71. The van der Waals surface area contributed by atoms with E-state index in [-0.39, 0.29) is 23.3 Å². The van der Waals surface area contributed by atoms with E-state index in [1.54, 1.807) is 30.3 Å². The van der Waals surface area contributed by atoms with Crippen molar-refractivity contribution in [1.82, 2.24) is 0 Å². The molecule has 0 unspecified atom stereocenters. The second kappa shape index (κ2) is 8.75. The zero-order valence-corrected chi connectivity index (χ0v) is 18.7. The number of carbonyl (C=O) groups excluding carboxylic acids is 2. The maximum Gasteiger partial charge on any atom is 0.343 e. The van der Waals surface area contributed by atoms with E-state index in [1.165, 1.54) is 12.7 Å². The van der Waals surface area contributed by atoms with Gasteiger partial charge in [0.05, 0.1) is 18.7 Å². The summed E-state index contributed by atoms with van der Waals surface area (Å²) in [5.74, 6) is -0.374. The number of hydrogen-bond acceptors (Lipinski definition) is 5. The van der Waals surface area contributed by atoms with Crippen molar-refractivity contribution in [1.29, 1.82) is 0 Å². The predicted molar refractivity (Wildman–Crippen MR) is 127 cm³/mol. The maximum atomic E-state index is 12.9. The van der Waals surface area contributed by atoms with Gasteiger partial charge in [-0.25, -0.2) is 9.59 Å². The van der Waals surface area contributed by atoms with Crippen molar-refractivity contribution >= 4 is 29.2 Å². The van der Waals surface area contributed by atoms with Gasteiger partial charge in [0.15, 0.2) is 0 Å². The summed E-state index contributed by atoms with van der Waals surface area (Å²) in [6, 6.07) is 20.2. The van der Waals surface area contributed by atoms with Crippen LogP contribution in [-0.2, 0) is 4.74 Å². The molecule has 3 aromatic rings. The number of ether oxygens (including phenoxy) is 2. The van der Waals surface area contributed by atoms with E-state index in [9.17, 15) is 9.59 Å². The first-order chi connectivity index (χ1) is 16.0. The van der Waals surface area contributed by atoms with Crippen molar-refractivity contribution in [3.63, 3.8) is 0 Å². The molecule has 0 aromatic heterocycles. The Morgan fingerprint density at radius 1 is 1.00 bits per heavy atom. The highest BCUT2D eigenvalue weighted by Crippen LogP contribution is 2.50. The molecule has 0 fully saturated rings. The zero-order valence-electron chi connectivity index (χ0n) is 18.0. The van der Waals surface area contributed by atoms with Gasteiger partial charge in [-0.3, -0.25) is 0 Å². The van der Waals surface area contributed by atoms with Crippen molar-refractivity contribution in [2.24, 2.45) is 5.92 Å². The Kier molecular flexibility index (Phi) is 5.65. The lowest BCUT2D eigenvalue weighted by atomic mass is 9.76. The molecule has 3 aromatic carbocycles. The lowest BCUT2D eigenvalue weighted by Crippen LogP contribution is -2.29. The molecule has 1 aliphatic carbocycles. The van der Waals surface area contributed by atoms with Crippen molar-refractivity contribution in [2.45, 2.75) is 18.4 Å². The molecular weight excluding hydrogens is 438 g/mol. The van der Waals surface area contributed by atoms with Crippen LogP contribution in [0.2, 0.25) is 5.02 Å². The van der Waals surface area contributed by atoms with Gasteiger partial charge >= 0.3 is 11.9 Å². The number of halogens is 1. The van der Waals surface area contributed by atoms with Crippen molar-refractivity contribution < 1.29 is 19.1 Å². The van der Waals surface area contributed by atoms with Crippen molar-refractivity contribution in [3.05, 3.63) is 106 Å². The van der Waals surface area contributed by atoms with Gasteiger partial charge in [0.1, 0.15) is 11.3 Å². The van der Waals surface area contributed by atoms with E-state index in [4.69, 9.17) is 21.1 Å². The van der Waals surface area contributed by atoms with Crippen molar-refractivity contribution in [3.8, 4) is 5.75 Å². The minimum atomic E-state index is -0.555. The molecule has 0 radical (unpaired) electrons. The average molecular weight is 460 g/mol. The quantitative estimate of drug-likeness (QED) is 0.287. The highest BCUT2D eigenvalue weighted by atomic mass is 35.5. The Bertz CT molecular complexity index is 1250. The van der Waals surface area contributed by atoms with E-state index in [2.05, 4.69) is 29.6 Å². The first-order valence-electron chi connectivity index (χ1n) is 10.8. The second-order valence-corrected chi connectivity index (χ2v) is 8.64. The summed E-state index contributed by atoms with van der Waals surface area (Å²) in [6.07, 6.45) is 5.37. The molecular formula is C27H22ClNO4. The Balaban J connectivity index is 1.43. The number of anilines is 1. The summed E-state index contributed by atoms with van der Waals surface area (Å²) >= 11 is 6.08. The van der Waals surface area contributed by atoms with E-state index < -0.39 is 11.9 Å². The van der Waals surface area contributed by atoms with Gasteiger partial charge < -0.3 is 14.8 Å². The van der Waals surface area contributed by atoms with Gasteiger partial charge in [0, 0.05) is 16.6 Å². The smallest absolute Gasteiger partial charge is 0.343 e. The number of fused-ring (bicyclic) bond motifs is 3. The summed E-state index contributed by atoms with van der Waals surface area (Å²) < 4.78 is 10.4. The van der Waals surface area contributed by atoms with E-state index in [0.717, 1.165) is 17.7 Å². The Morgan fingerprint density at radius 3 is 2.58 bits per heavy atom. The summed E-state index contributed by atoms with van der Waals surface area (Å²) in [5.41, 5.74) is 3.88. The van der Waals surface area contributed by atoms with E-state index in [1.807, 2.05) is 24.3 Å². The van der Waals surface area contributed by atoms with E-state index in [0.29, 0.717) is 16.5 Å². The third kappa shape index (κ3) is 4.00. The molecule has 1 aliphatic heterocycles. The molecule has 0 bridgehead atoms. The molecule has 1 heterocycles. The number of carbonyl (C=O) groups is 2. The Morgan fingerprint density at radius 2 is 1.79 bits per heavy atom. The van der Waals surface area contributed by atoms with E-state index >= 15 is 0 Å². The van der Waals surface area contributed by atoms with Crippen LogP contribution in [0.5, 0.6) is 5.75 Å². The molecule has 166 valence electrons. The zero-order chi connectivity index (χ0) is 22.9. The van der Waals surface area contributed by atoms with Crippen LogP contribution in [0.4, 0.5) is 5.69 Å². The molecule has 6 heteroatoms. The highest BCUT2D eigenvalue weighted by molar-refractivity contribution is 6.30. The first-order valence-corrected chi connectivity index (χ1v) is 11.1. The van der Waals surface area contributed by atoms with Crippen molar-refractivity contribution in [2.75, 3.05) is 12.4 Å². The van der Waals surface area contributed by atoms with Gasteiger partial charge in [0.25, 0.3) is 0 Å². The Labute approximate surface area is 197 Å². The molecule has 5 rings (SSSR count). The monoisotopic (exact) mass is 459 g/mol. The fourth-order valence-corrected chi connectivity index (χ4v) is 4.84. The first kappa shape index (κ1) is 21.3. The SMILES string of the molecule is COC(=O)c1ccccc1OC(=O)c1ccc2c(c1)[C@@H]1C=CC[C@H]1[C@H](c1ccc(Cl)cc1)N2. The number of rotatable bonds is 4. The van der Waals surface area contributed by atoms with Crippen LogP contribution >= 0.6 is 11.6 Å². The van der Waals surface area contributed by atoms with Crippen LogP contribution < -0.4 is 10.1 Å². The molecule has 0 saturated heterocycles. The molecule has 1 N–H and O–H groups in total. The number of allylic oxidation sites excluding steroid dienone is 2. The molecule has 33 heavy (non-hydrogen) atoms. The predicted octanol–water partition coefficient (Wildman–Crippen LogP) is 6.17. The lowest BCUT2D eigenvalue weighted by molar-refractivity contribution is 0.0593. The summed E-state index contributed by atoms with van der Waals surface area (Å²) in [7, 11) is 1.29. The number of benzene rings is 3. The molecule has 0 amide bonds. The molecule has 0 spiro atoms. The number of hydrogen-bond donors (Lipinski definition) is 1. The van der Waals surface area contributed by atoms with Gasteiger partial charge in [0.2, 0.25) is 0 Å². The lowest BCUT2D eigenvalue weighted by Gasteiger charge is -2.37. The highest BCUT2D eigenvalue weighted by Gasteiger charge is 2.38. The number of esters is 2. The van der Waals surface area contributed by atoms with Crippen LogP contribution in [0.25, 0.3) is 0 Å².